The second kappa shape index (κ2) is 5.11. The van der Waals surface area contributed by atoms with E-state index in [1.54, 1.807) is 6.92 Å². The molecule has 3 nitrogen and oxygen atoms in total. The first-order valence-corrected chi connectivity index (χ1v) is 5.80. The minimum Gasteiger partial charge on any atom is -0.376 e. The molecule has 1 N–H and O–H groups in total. The summed E-state index contributed by atoms with van der Waals surface area (Å²) in [6.45, 7) is 0.835. The van der Waals surface area contributed by atoms with Crippen LogP contribution in [0.2, 0.25) is 5.02 Å². The van der Waals surface area contributed by atoms with Crippen molar-refractivity contribution in [3.63, 3.8) is 0 Å². The van der Waals surface area contributed by atoms with Gasteiger partial charge in [-0.15, -0.1) is 0 Å². The van der Waals surface area contributed by atoms with E-state index in [0.29, 0.717) is 5.56 Å². The zero-order chi connectivity index (χ0) is 14.2. The number of halogens is 3. The lowest BCUT2D eigenvalue weighted by Gasteiger charge is -2.15. The van der Waals surface area contributed by atoms with Crippen molar-refractivity contribution in [2.45, 2.75) is 13.7 Å². The van der Waals surface area contributed by atoms with Gasteiger partial charge < -0.3 is 5.11 Å². The Morgan fingerprint density at radius 2 is 1.89 bits per heavy atom. The Bertz CT molecular complexity index is 678. The number of rotatable bonds is 2. The molecule has 0 saturated heterocycles. The van der Waals surface area contributed by atoms with Gasteiger partial charge in [-0.3, -0.25) is 9.36 Å². The molecule has 0 aliphatic heterocycles. The molecule has 1 aromatic heterocycles. The number of aryl methyl sites for hydroxylation is 1. The topological polar surface area (TPSA) is 42.2 Å². The summed E-state index contributed by atoms with van der Waals surface area (Å²) in [5.74, 6) is -1.63. The number of benzene rings is 1. The van der Waals surface area contributed by atoms with Crippen molar-refractivity contribution in [2.75, 3.05) is 0 Å². The van der Waals surface area contributed by atoms with E-state index in [9.17, 15) is 18.7 Å². The van der Waals surface area contributed by atoms with Crippen molar-refractivity contribution < 1.29 is 13.9 Å². The molecule has 2 rings (SSSR count). The molecule has 0 aliphatic rings. The molecule has 0 radical (unpaired) electrons. The molecule has 0 aliphatic carbocycles. The van der Waals surface area contributed by atoms with Gasteiger partial charge in [-0.05, 0) is 30.7 Å². The third-order valence-corrected chi connectivity index (χ3v) is 3.05. The minimum atomic E-state index is -0.813. The molecule has 1 aromatic carbocycles. The van der Waals surface area contributed by atoms with Gasteiger partial charge in [-0.2, -0.15) is 0 Å². The third-order valence-electron chi connectivity index (χ3n) is 2.78. The summed E-state index contributed by atoms with van der Waals surface area (Å²) in [5.41, 5.74) is -0.689. The van der Waals surface area contributed by atoms with E-state index in [1.165, 1.54) is 12.1 Å². The summed E-state index contributed by atoms with van der Waals surface area (Å²) in [4.78, 5) is 11.8. The predicted octanol–water partition coefficient (Wildman–Crippen LogP) is 2.71. The highest BCUT2D eigenvalue weighted by Crippen LogP contribution is 2.28. The monoisotopic (exact) mass is 285 g/mol. The van der Waals surface area contributed by atoms with Crippen LogP contribution in [0.1, 0.15) is 5.56 Å². The van der Waals surface area contributed by atoms with Crippen molar-refractivity contribution in [3.05, 3.63) is 56.8 Å². The summed E-state index contributed by atoms with van der Waals surface area (Å²) < 4.78 is 28.4. The number of hydrogen-bond acceptors (Lipinski definition) is 2. The van der Waals surface area contributed by atoms with Gasteiger partial charge in [-0.25, -0.2) is 8.78 Å². The molecule has 0 saturated carbocycles. The summed E-state index contributed by atoms with van der Waals surface area (Å²) in [6.07, 6.45) is 0. The van der Waals surface area contributed by atoms with Gasteiger partial charge in [0.15, 0.2) is 0 Å². The van der Waals surface area contributed by atoms with Crippen LogP contribution in [0.3, 0.4) is 0 Å². The second-order valence-corrected chi connectivity index (χ2v) is 4.40. The molecule has 6 heteroatoms. The van der Waals surface area contributed by atoms with E-state index in [-0.39, 0.29) is 16.3 Å². The smallest absolute Gasteiger partial charge is 0.271 e. The van der Waals surface area contributed by atoms with Crippen LogP contribution in [0.25, 0.3) is 11.3 Å². The summed E-state index contributed by atoms with van der Waals surface area (Å²) in [6, 6.07) is 4.70. The first-order valence-electron chi connectivity index (χ1n) is 5.42. The van der Waals surface area contributed by atoms with E-state index >= 15 is 0 Å². The van der Waals surface area contributed by atoms with E-state index in [4.69, 9.17) is 11.6 Å². The molecule has 0 unspecified atom stereocenters. The molecule has 19 heavy (non-hydrogen) atoms. The summed E-state index contributed by atoms with van der Waals surface area (Å²) >= 11 is 5.70. The Morgan fingerprint density at radius 1 is 1.32 bits per heavy atom. The minimum absolute atomic E-state index is 0.0208. The Labute approximate surface area is 112 Å². The van der Waals surface area contributed by atoms with Gasteiger partial charge >= 0.3 is 0 Å². The van der Waals surface area contributed by atoms with Gasteiger partial charge in [0, 0.05) is 0 Å². The molecule has 1 heterocycles. The van der Waals surface area contributed by atoms with Gasteiger partial charge in [0.05, 0.1) is 11.3 Å². The summed E-state index contributed by atoms with van der Waals surface area (Å²) in [5, 5.41) is 9.13. The molecule has 100 valence electrons. The number of pyridine rings is 1. The largest absolute Gasteiger partial charge is 0.376 e. The molecule has 0 amide bonds. The Kier molecular flexibility index (Phi) is 3.68. The fourth-order valence-electron chi connectivity index (χ4n) is 1.95. The van der Waals surface area contributed by atoms with Crippen LogP contribution in [0.15, 0.2) is 29.1 Å². The quantitative estimate of drug-likeness (QED) is 0.922. The Hall–Kier alpha value is -1.72. The number of hydrogen-bond donors (Lipinski definition) is 1. The molecule has 0 fully saturated rings. The molecule has 0 bridgehead atoms. The van der Waals surface area contributed by atoms with Crippen LogP contribution in [0.4, 0.5) is 8.78 Å². The van der Waals surface area contributed by atoms with Crippen LogP contribution in [-0.4, -0.2) is 9.67 Å². The van der Waals surface area contributed by atoms with Crippen LogP contribution in [-0.2, 0) is 6.73 Å². The molecular weight excluding hydrogens is 276 g/mol. The lowest BCUT2D eigenvalue weighted by atomic mass is 10.0. The van der Waals surface area contributed by atoms with E-state index in [2.05, 4.69) is 0 Å². The summed E-state index contributed by atoms with van der Waals surface area (Å²) in [7, 11) is 0. The normalized spacial score (nSPS) is 10.8. The maximum Gasteiger partial charge on any atom is 0.271 e. The van der Waals surface area contributed by atoms with Gasteiger partial charge in [-0.1, -0.05) is 17.7 Å². The van der Waals surface area contributed by atoms with Gasteiger partial charge in [0.25, 0.3) is 5.56 Å². The fraction of sp³-hybridized carbons (Fsp3) is 0.154. The van der Waals surface area contributed by atoms with Crippen LogP contribution >= 0.6 is 11.6 Å². The standard InChI is InChI=1S/C13H10ClF2NO2/c1-7-5-8(14)13(19)17(6-18)12(7)11-9(15)3-2-4-10(11)16/h2-5,18H,6H2,1H3. The average Bonchev–Trinajstić information content (AvgIpc) is 2.35. The zero-order valence-electron chi connectivity index (χ0n) is 9.95. The second-order valence-electron chi connectivity index (χ2n) is 4.00. The van der Waals surface area contributed by atoms with Crippen LogP contribution in [0.5, 0.6) is 0 Å². The molecular formula is C13H10ClF2NO2. The average molecular weight is 286 g/mol. The van der Waals surface area contributed by atoms with Crippen LogP contribution in [0, 0.1) is 18.6 Å². The maximum atomic E-state index is 13.8. The first-order chi connectivity index (χ1) is 8.97. The van der Waals surface area contributed by atoms with Crippen LogP contribution < -0.4 is 5.56 Å². The lowest BCUT2D eigenvalue weighted by molar-refractivity contribution is 0.207. The van der Waals surface area contributed by atoms with E-state index < -0.39 is 23.9 Å². The number of nitrogens with zero attached hydrogens (tertiary/aromatic N) is 1. The van der Waals surface area contributed by atoms with Crippen molar-refractivity contribution in [1.82, 2.24) is 4.57 Å². The number of aromatic nitrogens is 1. The Balaban J connectivity index is 2.90. The third kappa shape index (κ3) is 2.27. The van der Waals surface area contributed by atoms with E-state index in [1.807, 2.05) is 0 Å². The SMILES string of the molecule is Cc1cc(Cl)c(=O)n(CO)c1-c1c(F)cccc1F. The fourth-order valence-corrected chi connectivity index (χ4v) is 2.22. The highest BCUT2D eigenvalue weighted by Gasteiger charge is 2.19. The van der Waals surface area contributed by atoms with E-state index in [0.717, 1.165) is 16.7 Å². The van der Waals surface area contributed by atoms with Crippen molar-refractivity contribution in [3.8, 4) is 11.3 Å². The molecule has 0 spiro atoms. The maximum absolute atomic E-state index is 13.8. The molecule has 2 aromatic rings. The highest BCUT2D eigenvalue weighted by atomic mass is 35.5. The predicted molar refractivity (Wildman–Crippen MR) is 68.0 cm³/mol. The number of aliphatic hydroxyl groups excluding tert-OH is 1. The molecule has 0 atom stereocenters. The van der Waals surface area contributed by atoms with Gasteiger partial charge in [0.1, 0.15) is 23.4 Å². The first kappa shape index (κ1) is 13.7. The van der Waals surface area contributed by atoms with Crippen molar-refractivity contribution in [1.29, 1.82) is 0 Å². The Morgan fingerprint density at radius 3 is 2.42 bits per heavy atom. The lowest BCUT2D eigenvalue weighted by Crippen LogP contribution is -2.23. The van der Waals surface area contributed by atoms with Crippen molar-refractivity contribution >= 4 is 11.6 Å². The zero-order valence-corrected chi connectivity index (χ0v) is 10.7. The van der Waals surface area contributed by atoms with Crippen molar-refractivity contribution in [2.24, 2.45) is 0 Å². The van der Waals surface area contributed by atoms with Gasteiger partial charge in [0.2, 0.25) is 0 Å². The number of aliphatic hydroxyl groups is 1. The highest BCUT2D eigenvalue weighted by molar-refractivity contribution is 6.30.